The van der Waals surface area contributed by atoms with Crippen molar-refractivity contribution in [3.8, 4) is 12.1 Å². The van der Waals surface area contributed by atoms with Crippen LogP contribution < -0.4 is 40.9 Å². The summed E-state index contributed by atoms with van der Waals surface area (Å²) in [5, 5.41) is 105. The number of rotatable bonds is 9. The Labute approximate surface area is 674 Å². The van der Waals surface area contributed by atoms with E-state index in [9.17, 15) is 64.8 Å². The average Bonchev–Trinajstić information content (AvgIpc) is 0.786. The van der Waals surface area contributed by atoms with Crippen molar-refractivity contribution in [2.75, 3.05) is 0 Å². The van der Waals surface area contributed by atoms with Crippen LogP contribution in [0.3, 0.4) is 0 Å². The van der Waals surface area contributed by atoms with Gasteiger partial charge in [-0.15, -0.1) is 0 Å². The predicted molar refractivity (Wildman–Crippen MR) is 377 cm³/mol. The predicted octanol–water partition coefficient (Wildman–Crippen LogP) is 7.93. The molecule has 6 aromatic carbocycles. The van der Waals surface area contributed by atoms with Crippen molar-refractivity contribution in [2.24, 2.45) is 27.1 Å². The van der Waals surface area contributed by atoms with E-state index in [2.05, 4.69) is 15.0 Å². The van der Waals surface area contributed by atoms with Crippen molar-refractivity contribution in [1.82, 2.24) is 15.0 Å². The number of nitrogens with zero attached hydrogens (tertiary/aromatic N) is 5. The molecule has 0 fully saturated rings. The SMILES string of the molecule is CC#N.CC#N.CC(C)(C)C(=O)[O-].CC(C)(C)C(=O)[O-].CC(C)(C)C(=O)[O-].CC(C)(C)C(=O)[O-].CC(C)(C)C(=O)[O-].[Mn+3].[Mn+3].[Mn+3].[Mn+3].[O-2].[O-2].[O-]C(c1ccccc1)(c1ccccc1)c1ccccn1.[O-]C(c1ccccc1)(c1ccccc1)c1ccccn1.[O-]C(c1ccccc1)(c1ccccc1)c1ccccn1. The molecule has 20 nitrogen and oxygen atoms in total. The van der Waals surface area contributed by atoms with Gasteiger partial charge in [0.15, 0.2) is 0 Å². The molecule has 0 aliphatic carbocycles. The topological polar surface area (TPSA) is 413 Å². The molecule has 9 aromatic rings. The Morgan fingerprint density at radius 3 is 0.449 bits per heavy atom. The Balaban J connectivity index is -0.000000219. The summed E-state index contributed by atoms with van der Waals surface area (Å²) >= 11 is 0. The molecule has 0 aliphatic rings. The Hall–Kier alpha value is -9.02. The zero-order valence-electron chi connectivity index (χ0n) is 63.1. The van der Waals surface area contributed by atoms with Gasteiger partial charge in [0.05, 0.1) is 12.1 Å². The van der Waals surface area contributed by atoms with E-state index in [4.69, 9.17) is 10.5 Å². The summed E-state index contributed by atoms with van der Waals surface area (Å²) in [5.74, 6) is -5.03. The van der Waals surface area contributed by atoms with Gasteiger partial charge < -0.3 is 75.8 Å². The number of pyridine rings is 3. The second kappa shape index (κ2) is 54.5. The van der Waals surface area contributed by atoms with Gasteiger partial charge >= 0.3 is 68.3 Å². The molecule has 0 spiro atoms. The fraction of sp³-hybridized carbons (Fsp3) is 0.301. The second-order valence-electron chi connectivity index (χ2n) is 27.0. The van der Waals surface area contributed by atoms with Gasteiger partial charge in [0, 0.05) is 106 Å². The quantitative estimate of drug-likeness (QED) is 0.124. The molecule has 0 unspecified atom stereocenters. The summed E-state index contributed by atoms with van der Waals surface area (Å²) < 4.78 is 0. The number of benzene rings is 6. The summed E-state index contributed by atoms with van der Waals surface area (Å²) in [7, 11) is 0. The maximum absolute atomic E-state index is 13.6. The molecule has 24 heteroatoms. The summed E-state index contributed by atoms with van der Waals surface area (Å²) in [6, 6.07) is 76.2. The van der Waals surface area contributed by atoms with E-state index in [0.717, 1.165) is 0 Å². The zero-order chi connectivity index (χ0) is 77.3. The minimum atomic E-state index is -1.48. The van der Waals surface area contributed by atoms with Crippen LogP contribution in [0, 0.1) is 49.7 Å². The summed E-state index contributed by atoms with van der Waals surface area (Å²) in [6.45, 7) is 26.9. The van der Waals surface area contributed by atoms with Crippen LogP contribution in [0.25, 0.3) is 0 Å². The van der Waals surface area contributed by atoms with E-state index >= 15 is 0 Å². The third-order valence-corrected chi connectivity index (χ3v) is 13.2. The molecule has 9 rings (SSSR count). The number of hydrogen-bond acceptors (Lipinski definition) is 18. The molecule has 0 saturated carbocycles. The van der Waals surface area contributed by atoms with Crippen molar-refractivity contribution in [2.45, 2.75) is 135 Å². The van der Waals surface area contributed by atoms with Crippen molar-refractivity contribution in [3.63, 3.8) is 0 Å². The van der Waals surface area contributed by atoms with Crippen molar-refractivity contribution >= 4 is 29.8 Å². The van der Waals surface area contributed by atoms with Crippen LogP contribution in [-0.4, -0.2) is 44.8 Å². The van der Waals surface area contributed by atoms with Gasteiger partial charge in [-0.25, -0.2) is 0 Å². The van der Waals surface area contributed by atoms with E-state index < -0.39 is 73.7 Å². The molecule has 0 atom stereocenters. The van der Waals surface area contributed by atoms with Gasteiger partial charge in [0.1, 0.15) is 0 Å². The number of carbonyl (C=O) groups is 5. The smallest absolute Gasteiger partial charge is 2.00 e. The summed E-state index contributed by atoms with van der Waals surface area (Å²) in [5.41, 5.74) is -2.19. The zero-order valence-corrected chi connectivity index (χ0v) is 67.8. The van der Waals surface area contributed by atoms with Crippen LogP contribution in [0.4, 0.5) is 0 Å². The Morgan fingerprint density at radius 1 is 0.262 bits per heavy atom. The average molecular weight is 1620 g/mol. The molecule has 0 amide bonds. The van der Waals surface area contributed by atoms with E-state index in [0.29, 0.717) is 50.5 Å². The standard InChI is InChI=1S/3C18H14NO.5C5H10O2.2C2H3N.4Mn.2O/c3*20-18(15-9-3-1-4-10-15,16-11-5-2-6-12-16)17-13-7-8-14-19-17;5*1-5(2,3)4(6)7;2*1-2-3;;;;;;/h3*1-14H;5*1-3H3,(H,6,7);2*1H3;;;;;;/q3*-1;;;;;;;;4*+3;2*-2/p-5. The van der Waals surface area contributed by atoms with E-state index in [-0.39, 0.29) is 79.2 Å². The van der Waals surface area contributed by atoms with Gasteiger partial charge in [-0.3, -0.25) is 15.0 Å². The molecular formula is C83H93Mn4N5O15. The van der Waals surface area contributed by atoms with Gasteiger partial charge in [-0.2, -0.15) is 10.5 Å². The van der Waals surface area contributed by atoms with Crippen LogP contribution in [0.5, 0.6) is 0 Å². The Bertz CT molecular complexity index is 3170. The largest absolute Gasteiger partial charge is 3.00 e. The van der Waals surface area contributed by atoms with Crippen LogP contribution in [0.15, 0.2) is 255 Å². The monoisotopic (exact) mass is 1620 g/mol. The van der Waals surface area contributed by atoms with Gasteiger partial charge in [-0.1, -0.05) is 304 Å². The maximum atomic E-state index is 13.6. The first-order valence-electron chi connectivity index (χ1n) is 31.9. The maximum Gasteiger partial charge on any atom is 3.00 e. The first kappa shape index (κ1) is 111. The number of carboxylic acids is 5. The number of carboxylic acid groups (broad SMARTS) is 5. The molecule has 0 radical (unpaired) electrons. The molecule has 107 heavy (non-hydrogen) atoms. The fourth-order valence-electron chi connectivity index (χ4n) is 7.14. The van der Waals surface area contributed by atoms with Gasteiger partial charge in [-0.05, 0) is 86.6 Å². The third kappa shape index (κ3) is 40.5. The van der Waals surface area contributed by atoms with Crippen LogP contribution >= 0.6 is 0 Å². The molecule has 568 valence electrons. The number of aromatic nitrogens is 3. The first-order valence-corrected chi connectivity index (χ1v) is 31.9. The van der Waals surface area contributed by atoms with Crippen LogP contribution in [0.2, 0.25) is 0 Å². The Kier molecular flexibility index (Phi) is 56.7. The second-order valence-corrected chi connectivity index (χ2v) is 27.0. The summed E-state index contributed by atoms with van der Waals surface area (Å²) in [6.07, 6.45) is 4.98. The molecule has 3 aromatic heterocycles. The molecule has 3 heterocycles. The van der Waals surface area contributed by atoms with E-state index in [1.165, 1.54) is 13.8 Å². The number of aliphatic carboxylic acids is 5. The number of carbonyl (C=O) groups excluding carboxylic acids is 5. The Morgan fingerprint density at radius 2 is 0.364 bits per heavy atom. The van der Waals surface area contributed by atoms with Crippen LogP contribution in [-0.2, 0) is 120 Å². The molecule has 0 saturated heterocycles. The molecule has 0 aliphatic heterocycles. The minimum absolute atomic E-state index is 0. The normalized spacial score (nSPS) is 10.1. The number of hydrogen-bond donors (Lipinski definition) is 0. The van der Waals surface area contributed by atoms with Crippen LogP contribution in [0.1, 0.15) is 168 Å². The number of nitriles is 2. The fourth-order valence-corrected chi connectivity index (χ4v) is 7.14. The minimum Gasteiger partial charge on any atom is -2.00 e. The summed E-state index contributed by atoms with van der Waals surface area (Å²) in [4.78, 5) is 62.4. The molecular weight excluding hydrogens is 1530 g/mol. The van der Waals surface area contributed by atoms with Crippen molar-refractivity contribution < 1.29 is 144 Å². The first-order chi connectivity index (χ1) is 47.0. The van der Waals surface area contributed by atoms with E-state index in [1.54, 1.807) is 153 Å². The van der Waals surface area contributed by atoms with Gasteiger partial charge in [0.2, 0.25) is 0 Å². The molecule has 0 bridgehead atoms. The van der Waals surface area contributed by atoms with Crippen molar-refractivity contribution in [3.05, 3.63) is 306 Å². The van der Waals surface area contributed by atoms with Gasteiger partial charge in [0.25, 0.3) is 0 Å². The third-order valence-electron chi connectivity index (χ3n) is 13.2. The van der Waals surface area contributed by atoms with Crippen molar-refractivity contribution in [1.29, 1.82) is 10.5 Å². The van der Waals surface area contributed by atoms with E-state index in [1.807, 2.05) is 218 Å². The molecule has 0 N–H and O–H groups in total.